The minimum absolute atomic E-state index is 0.290. The number of ether oxygens (including phenoxy) is 3. The molecule has 0 spiro atoms. The van der Waals surface area contributed by atoms with Crippen LogP contribution >= 0.6 is 22.7 Å². The van der Waals surface area contributed by atoms with Crippen molar-refractivity contribution in [1.29, 1.82) is 0 Å². The molecule has 1 saturated heterocycles. The van der Waals surface area contributed by atoms with E-state index in [4.69, 9.17) is 9.47 Å². The monoisotopic (exact) mass is 564 g/mol. The first-order valence-corrected chi connectivity index (χ1v) is 13.1. The molecule has 5 nitrogen and oxygen atoms in total. The van der Waals surface area contributed by atoms with Crippen molar-refractivity contribution in [2.24, 2.45) is 5.92 Å². The van der Waals surface area contributed by atoms with Crippen molar-refractivity contribution in [3.8, 4) is 16.3 Å². The predicted molar refractivity (Wildman–Crippen MR) is 133 cm³/mol. The third kappa shape index (κ3) is 4.73. The van der Waals surface area contributed by atoms with Crippen LogP contribution in [0, 0.1) is 23.4 Å². The van der Waals surface area contributed by atoms with Crippen LogP contribution in [-0.2, 0) is 15.6 Å². The molecule has 0 unspecified atom stereocenters. The van der Waals surface area contributed by atoms with E-state index in [9.17, 15) is 22.0 Å². The highest BCUT2D eigenvalue weighted by Gasteiger charge is 2.39. The van der Waals surface area contributed by atoms with Crippen molar-refractivity contribution in [2.75, 3.05) is 13.2 Å². The second-order valence-electron chi connectivity index (χ2n) is 8.87. The zero-order valence-corrected chi connectivity index (χ0v) is 21.1. The average Bonchev–Trinajstić information content (AvgIpc) is 3.51. The number of rotatable bonds is 5. The van der Waals surface area contributed by atoms with Gasteiger partial charge in [0.1, 0.15) is 10.8 Å². The van der Waals surface area contributed by atoms with E-state index in [2.05, 4.69) is 21.6 Å². The molecule has 0 atom stereocenters. The summed E-state index contributed by atoms with van der Waals surface area (Å²) < 4.78 is 87.0. The largest absolute Gasteiger partial charge is 0.454 e. The second kappa shape index (κ2) is 9.53. The van der Waals surface area contributed by atoms with Crippen LogP contribution in [0.4, 0.5) is 22.0 Å². The van der Waals surface area contributed by atoms with Gasteiger partial charge in [0.2, 0.25) is 5.01 Å². The van der Waals surface area contributed by atoms with E-state index in [1.165, 1.54) is 11.3 Å². The molecule has 3 heterocycles. The van der Waals surface area contributed by atoms with Gasteiger partial charge in [0.25, 0.3) is 0 Å². The first kappa shape index (κ1) is 25.1. The van der Waals surface area contributed by atoms with E-state index in [0.717, 1.165) is 15.8 Å². The molecule has 5 aromatic rings. The molecular formula is C26H17F5N2O3S2. The normalized spacial score (nSPS) is 18.4. The van der Waals surface area contributed by atoms with Crippen LogP contribution in [0.3, 0.4) is 0 Å². The van der Waals surface area contributed by atoms with Crippen LogP contribution < -0.4 is 4.74 Å². The van der Waals surface area contributed by atoms with Gasteiger partial charge in [-0.1, -0.05) is 13.0 Å². The van der Waals surface area contributed by atoms with Gasteiger partial charge in [0.15, 0.2) is 23.7 Å². The van der Waals surface area contributed by atoms with Crippen molar-refractivity contribution in [3.05, 3.63) is 76.6 Å². The highest BCUT2D eigenvalue weighted by molar-refractivity contribution is 7.21. The van der Waals surface area contributed by atoms with Gasteiger partial charge in [-0.3, -0.25) is 0 Å². The molecule has 0 amide bonds. The highest BCUT2D eigenvalue weighted by atomic mass is 32.1. The fourth-order valence-corrected chi connectivity index (χ4v) is 5.90. The summed E-state index contributed by atoms with van der Waals surface area (Å²) >= 11 is 2.11. The summed E-state index contributed by atoms with van der Waals surface area (Å²) in [6, 6.07) is 11.5. The molecule has 1 aliphatic heterocycles. The average molecular weight is 565 g/mol. The molecule has 2 aromatic heterocycles. The molecule has 0 bridgehead atoms. The summed E-state index contributed by atoms with van der Waals surface area (Å²) in [4.78, 5) is 8.60. The predicted octanol–water partition coefficient (Wildman–Crippen LogP) is 7.80. The lowest BCUT2D eigenvalue weighted by Crippen LogP contribution is -2.24. The lowest BCUT2D eigenvalue weighted by Gasteiger charge is -2.27. The van der Waals surface area contributed by atoms with Gasteiger partial charge in [-0.15, -0.1) is 22.7 Å². The molecule has 3 aromatic carbocycles. The maximum Gasteiger partial charge on any atom is 0.454 e. The quantitative estimate of drug-likeness (QED) is 0.161. The number of fused-ring (bicyclic) bond motifs is 2. The molecule has 38 heavy (non-hydrogen) atoms. The molecule has 196 valence electrons. The molecule has 0 aliphatic carbocycles. The molecule has 1 fully saturated rings. The third-order valence-corrected chi connectivity index (χ3v) is 7.97. The van der Waals surface area contributed by atoms with Crippen LogP contribution in [0.2, 0.25) is 0 Å². The van der Waals surface area contributed by atoms with E-state index in [1.54, 1.807) is 18.2 Å². The lowest BCUT2D eigenvalue weighted by atomic mass is 10.1. The third-order valence-electron chi connectivity index (χ3n) is 5.84. The molecule has 6 rings (SSSR count). The van der Waals surface area contributed by atoms with Gasteiger partial charge in [0, 0.05) is 29.2 Å². The number of benzene rings is 3. The van der Waals surface area contributed by atoms with E-state index in [1.807, 2.05) is 18.2 Å². The van der Waals surface area contributed by atoms with Gasteiger partial charge in [-0.05, 0) is 30.3 Å². The number of halogens is 5. The SMILES string of the molecule is CC1COC(c2ccc3nc(-c4ccc5nc(C(F)(F)Oc6cc(F)c(F)c(F)c6)sc5c4)sc3c2)OC1. The van der Waals surface area contributed by atoms with Crippen molar-refractivity contribution in [2.45, 2.75) is 19.3 Å². The Kier molecular flexibility index (Phi) is 6.29. The summed E-state index contributed by atoms with van der Waals surface area (Å²) in [6.45, 7) is 3.30. The Morgan fingerprint density at radius 3 is 2.26 bits per heavy atom. The Morgan fingerprint density at radius 2 is 1.53 bits per heavy atom. The first-order valence-electron chi connectivity index (χ1n) is 11.4. The van der Waals surface area contributed by atoms with Crippen LogP contribution in [0.1, 0.15) is 23.8 Å². The Labute approximate surface area is 220 Å². The zero-order chi connectivity index (χ0) is 26.6. The zero-order valence-electron chi connectivity index (χ0n) is 19.5. The topological polar surface area (TPSA) is 53.5 Å². The Morgan fingerprint density at radius 1 is 0.868 bits per heavy atom. The molecule has 0 radical (unpaired) electrons. The van der Waals surface area contributed by atoms with Crippen LogP contribution in [0.5, 0.6) is 5.75 Å². The number of hydrogen-bond acceptors (Lipinski definition) is 7. The lowest BCUT2D eigenvalue weighted by molar-refractivity contribution is -0.202. The van der Waals surface area contributed by atoms with Crippen molar-refractivity contribution in [1.82, 2.24) is 9.97 Å². The smallest absolute Gasteiger partial charge is 0.427 e. The number of hydrogen-bond donors (Lipinski definition) is 0. The van der Waals surface area contributed by atoms with E-state index in [0.29, 0.717) is 57.9 Å². The number of aromatic nitrogens is 2. The molecule has 0 N–H and O–H groups in total. The molecular weight excluding hydrogens is 547 g/mol. The van der Waals surface area contributed by atoms with Crippen LogP contribution in [0.25, 0.3) is 31.0 Å². The van der Waals surface area contributed by atoms with Crippen LogP contribution in [-0.4, -0.2) is 23.2 Å². The fraction of sp³-hybridized carbons (Fsp3) is 0.231. The maximum absolute atomic E-state index is 14.8. The van der Waals surface area contributed by atoms with E-state index < -0.39 is 40.6 Å². The van der Waals surface area contributed by atoms with E-state index >= 15 is 0 Å². The van der Waals surface area contributed by atoms with Crippen molar-refractivity contribution in [3.63, 3.8) is 0 Å². The van der Waals surface area contributed by atoms with Crippen molar-refractivity contribution >= 4 is 43.1 Å². The maximum atomic E-state index is 14.8. The van der Waals surface area contributed by atoms with Gasteiger partial charge in [0.05, 0.1) is 33.6 Å². The Bertz CT molecular complexity index is 1640. The number of nitrogens with zero attached hydrogens (tertiary/aromatic N) is 2. The summed E-state index contributed by atoms with van der Waals surface area (Å²) in [7, 11) is 0. The highest BCUT2D eigenvalue weighted by Crippen LogP contribution is 2.39. The molecule has 0 saturated carbocycles. The molecule has 12 heteroatoms. The number of alkyl halides is 2. The molecule has 1 aliphatic rings. The fourth-order valence-electron chi connectivity index (χ4n) is 3.97. The van der Waals surface area contributed by atoms with Gasteiger partial charge >= 0.3 is 6.11 Å². The van der Waals surface area contributed by atoms with Gasteiger partial charge in [-0.25, -0.2) is 23.1 Å². The van der Waals surface area contributed by atoms with E-state index in [-0.39, 0.29) is 5.52 Å². The van der Waals surface area contributed by atoms with Gasteiger partial charge in [-0.2, -0.15) is 8.78 Å². The summed E-state index contributed by atoms with van der Waals surface area (Å²) in [5.41, 5.74) is 2.67. The Hall–Kier alpha value is -3.19. The minimum atomic E-state index is -4.01. The summed E-state index contributed by atoms with van der Waals surface area (Å²) in [5, 5.41) is -0.0288. The number of thiazole rings is 2. The van der Waals surface area contributed by atoms with Crippen LogP contribution in [0.15, 0.2) is 48.5 Å². The summed E-state index contributed by atoms with van der Waals surface area (Å²) in [6.07, 6.45) is -4.44. The second-order valence-corrected chi connectivity index (χ2v) is 10.9. The minimum Gasteiger partial charge on any atom is -0.427 e. The Balaban J connectivity index is 1.27. The summed E-state index contributed by atoms with van der Waals surface area (Å²) in [5.74, 6) is -5.57. The van der Waals surface area contributed by atoms with Gasteiger partial charge < -0.3 is 14.2 Å². The standard InChI is InChI=1S/C26H17F5N2O3S2/c1-12-10-34-24(35-11-12)14-3-5-18-20(7-14)37-23(32-18)13-2-4-19-21(6-13)38-25(33-19)26(30,31)36-15-8-16(27)22(29)17(28)9-15/h2-9,12,24H,10-11H2,1H3. The first-order chi connectivity index (χ1) is 18.2. The van der Waals surface area contributed by atoms with Crippen molar-refractivity contribution < 1.29 is 36.2 Å².